The fourth-order valence-electron chi connectivity index (χ4n) is 3.64. The van der Waals surface area contributed by atoms with Crippen LogP contribution in [0.15, 0.2) is 0 Å². The number of hydrogen-bond donors (Lipinski definition) is 0. The van der Waals surface area contributed by atoms with Crippen LogP contribution in [0.4, 0.5) is 11.8 Å². The number of carbonyl (C=O) groups excluding carboxylic acids is 1. The molecule has 7 heteroatoms. The van der Waals surface area contributed by atoms with Gasteiger partial charge in [0.2, 0.25) is 11.9 Å². The van der Waals surface area contributed by atoms with E-state index in [9.17, 15) is 4.79 Å². The van der Waals surface area contributed by atoms with Crippen LogP contribution in [-0.2, 0) is 4.79 Å². The lowest BCUT2D eigenvalue weighted by Crippen LogP contribution is -2.39. The molecule has 0 bridgehead atoms. The summed E-state index contributed by atoms with van der Waals surface area (Å²) in [5, 5.41) is 0. The number of likely N-dealkylation sites (N-methyl/N-ethyl adjacent to an activating group) is 1. The quantitative estimate of drug-likeness (QED) is 0.807. The molecular weight excluding hydrogens is 328 g/mol. The maximum atomic E-state index is 12.0. The molecule has 144 valence electrons. The van der Waals surface area contributed by atoms with Crippen molar-refractivity contribution in [2.75, 3.05) is 69.7 Å². The summed E-state index contributed by atoms with van der Waals surface area (Å²) < 4.78 is 0. The average Bonchev–Trinajstić information content (AvgIpc) is 3.05. The summed E-state index contributed by atoms with van der Waals surface area (Å²) in [6.07, 6.45) is 3.50. The Kier molecular flexibility index (Phi) is 5.96. The monoisotopic (exact) mass is 360 g/mol. The Hall–Kier alpha value is -1.89. The maximum Gasteiger partial charge on any atom is 0.236 e. The van der Waals surface area contributed by atoms with Crippen molar-refractivity contribution in [3.05, 3.63) is 11.3 Å². The molecule has 1 aromatic heterocycles. The molecule has 0 N–H and O–H groups in total. The second-order valence-corrected chi connectivity index (χ2v) is 7.66. The highest BCUT2D eigenvalue weighted by molar-refractivity contribution is 5.77. The van der Waals surface area contributed by atoms with Gasteiger partial charge in [-0.25, -0.2) is 4.98 Å². The van der Waals surface area contributed by atoms with E-state index in [1.54, 1.807) is 4.90 Å². The second kappa shape index (κ2) is 8.20. The highest BCUT2D eigenvalue weighted by atomic mass is 16.2. The predicted molar refractivity (Wildman–Crippen MR) is 105 cm³/mol. The summed E-state index contributed by atoms with van der Waals surface area (Å²) in [6.45, 7) is 10.5. The van der Waals surface area contributed by atoms with Crippen LogP contribution in [-0.4, -0.2) is 85.6 Å². The molecule has 0 saturated carbocycles. The first-order chi connectivity index (χ1) is 12.5. The molecule has 0 unspecified atom stereocenters. The molecule has 2 aliphatic heterocycles. The minimum Gasteiger partial charge on any atom is -0.355 e. The van der Waals surface area contributed by atoms with Gasteiger partial charge < -0.3 is 14.7 Å². The maximum absolute atomic E-state index is 12.0. The topological polar surface area (TPSA) is 55.8 Å². The fourth-order valence-corrected chi connectivity index (χ4v) is 3.64. The second-order valence-electron chi connectivity index (χ2n) is 7.66. The van der Waals surface area contributed by atoms with Gasteiger partial charge in [-0.15, -0.1) is 0 Å². The summed E-state index contributed by atoms with van der Waals surface area (Å²) in [5.41, 5.74) is 2.24. The first-order valence-electron chi connectivity index (χ1n) is 9.73. The van der Waals surface area contributed by atoms with Crippen LogP contribution >= 0.6 is 0 Å². The molecule has 3 heterocycles. The summed E-state index contributed by atoms with van der Waals surface area (Å²) in [6, 6.07) is 0. The minimum absolute atomic E-state index is 0.170. The van der Waals surface area contributed by atoms with Gasteiger partial charge in [-0.2, -0.15) is 4.98 Å². The van der Waals surface area contributed by atoms with E-state index in [-0.39, 0.29) is 5.91 Å². The SMILES string of the molecule is Cc1nc(N2CCCC2)nc(N2CCCN(CC(=O)N(C)C)CC2)c1C. The molecule has 0 aliphatic carbocycles. The van der Waals surface area contributed by atoms with Gasteiger partial charge in [0.1, 0.15) is 5.82 Å². The summed E-state index contributed by atoms with van der Waals surface area (Å²) >= 11 is 0. The van der Waals surface area contributed by atoms with Crippen LogP contribution in [0.1, 0.15) is 30.5 Å². The molecule has 26 heavy (non-hydrogen) atoms. The number of anilines is 2. The Morgan fingerprint density at radius 3 is 2.31 bits per heavy atom. The van der Waals surface area contributed by atoms with Gasteiger partial charge in [0.25, 0.3) is 0 Å². The van der Waals surface area contributed by atoms with Crippen molar-refractivity contribution in [1.82, 2.24) is 19.8 Å². The molecule has 1 aromatic rings. The average molecular weight is 361 g/mol. The van der Waals surface area contributed by atoms with E-state index in [0.717, 1.165) is 63.1 Å². The van der Waals surface area contributed by atoms with E-state index in [0.29, 0.717) is 6.54 Å². The van der Waals surface area contributed by atoms with E-state index in [1.807, 2.05) is 14.1 Å². The molecule has 2 saturated heterocycles. The zero-order valence-electron chi connectivity index (χ0n) is 16.7. The lowest BCUT2D eigenvalue weighted by Gasteiger charge is -2.26. The minimum atomic E-state index is 0.170. The Bertz CT molecular complexity index is 641. The van der Waals surface area contributed by atoms with Crippen molar-refractivity contribution in [3.8, 4) is 0 Å². The Balaban J connectivity index is 1.73. The predicted octanol–water partition coefficient (Wildman–Crippen LogP) is 1.29. The van der Waals surface area contributed by atoms with Gasteiger partial charge in [-0.3, -0.25) is 9.69 Å². The van der Waals surface area contributed by atoms with Crippen molar-refractivity contribution in [1.29, 1.82) is 0 Å². The largest absolute Gasteiger partial charge is 0.355 e. The molecular formula is C19H32N6O. The van der Waals surface area contributed by atoms with E-state index >= 15 is 0 Å². The lowest BCUT2D eigenvalue weighted by atomic mass is 10.2. The Labute approximate surface area is 157 Å². The van der Waals surface area contributed by atoms with E-state index in [4.69, 9.17) is 9.97 Å². The Morgan fingerprint density at radius 1 is 0.923 bits per heavy atom. The van der Waals surface area contributed by atoms with Crippen LogP contribution in [0.5, 0.6) is 0 Å². The standard InChI is InChI=1S/C19H32N6O/c1-15-16(2)20-19(25-9-5-6-10-25)21-18(15)24-11-7-8-23(12-13-24)14-17(26)22(3)4/h5-14H2,1-4H3. The molecule has 1 amide bonds. The first kappa shape index (κ1) is 18.9. The summed E-state index contributed by atoms with van der Waals surface area (Å²) in [7, 11) is 3.64. The lowest BCUT2D eigenvalue weighted by molar-refractivity contribution is -0.129. The zero-order valence-corrected chi connectivity index (χ0v) is 16.7. The number of carbonyl (C=O) groups is 1. The van der Waals surface area contributed by atoms with Crippen LogP contribution in [0.25, 0.3) is 0 Å². The number of amides is 1. The van der Waals surface area contributed by atoms with Crippen LogP contribution in [0, 0.1) is 13.8 Å². The van der Waals surface area contributed by atoms with Gasteiger partial charge >= 0.3 is 0 Å². The van der Waals surface area contributed by atoms with Crippen LogP contribution in [0.2, 0.25) is 0 Å². The zero-order chi connectivity index (χ0) is 18.7. The first-order valence-corrected chi connectivity index (χ1v) is 9.73. The molecule has 2 aliphatic rings. The molecule has 3 rings (SSSR count). The highest BCUT2D eigenvalue weighted by Crippen LogP contribution is 2.25. The van der Waals surface area contributed by atoms with Crippen molar-refractivity contribution < 1.29 is 4.79 Å². The van der Waals surface area contributed by atoms with Gasteiger partial charge in [0, 0.05) is 64.6 Å². The van der Waals surface area contributed by atoms with Crippen molar-refractivity contribution in [2.24, 2.45) is 0 Å². The van der Waals surface area contributed by atoms with E-state index in [2.05, 4.69) is 28.5 Å². The fraction of sp³-hybridized carbons (Fsp3) is 0.737. The summed E-state index contributed by atoms with van der Waals surface area (Å²) in [4.78, 5) is 30.3. The molecule has 0 radical (unpaired) electrons. The third kappa shape index (κ3) is 4.26. The molecule has 0 atom stereocenters. The summed E-state index contributed by atoms with van der Waals surface area (Å²) in [5.74, 6) is 2.12. The number of aromatic nitrogens is 2. The Morgan fingerprint density at radius 2 is 1.62 bits per heavy atom. The van der Waals surface area contributed by atoms with Crippen LogP contribution < -0.4 is 9.80 Å². The van der Waals surface area contributed by atoms with Crippen molar-refractivity contribution >= 4 is 17.7 Å². The molecule has 7 nitrogen and oxygen atoms in total. The molecule has 2 fully saturated rings. The van der Waals surface area contributed by atoms with Gasteiger partial charge in [-0.1, -0.05) is 0 Å². The number of rotatable bonds is 4. The van der Waals surface area contributed by atoms with E-state index in [1.165, 1.54) is 18.4 Å². The molecule has 0 spiro atoms. The third-order valence-electron chi connectivity index (χ3n) is 5.49. The number of hydrogen-bond acceptors (Lipinski definition) is 6. The van der Waals surface area contributed by atoms with Gasteiger partial charge in [0.15, 0.2) is 0 Å². The van der Waals surface area contributed by atoms with Crippen molar-refractivity contribution in [3.63, 3.8) is 0 Å². The third-order valence-corrected chi connectivity index (χ3v) is 5.49. The molecule has 0 aromatic carbocycles. The smallest absolute Gasteiger partial charge is 0.236 e. The number of nitrogens with zero attached hydrogens (tertiary/aromatic N) is 6. The highest BCUT2D eigenvalue weighted by Gasteiger charge is 2.23. The number of aryl methyl sites for hydroxylation is 1. The van der Waals surface area contributed by atoms with Gasteiger partial charge in [-0.05, 0) is 33.1 Å². The van der Waals surface area contributed by atoms with Crippen LogP contribution in [0.3, 0.4) is 0 Å². The van der Waals surface area contributed by atoms with Crippen molar-refractivity contribution in [2.45, 2.75) is 33.1 Å². The van der Waals surface area contributed by atoms with E-state index < -0.39 is 0 Å². The normalized spacial score (nSPS) is 18.9. The van der Waals surface area contributed by atoms with Gasteiger partial charge in [0.05, 0.1) is 6.54 Å².